The number of anilines is 3. The molecular formula is C50H56ClF5N11O22PS3. The van der Waals surface area contributed by atoms with Gasteiger partial charge in [0.2, 0.25) is 35.4 Å². The van der Waals surface area contributed by atoms with Gasteiger partial charge in [-0.3, -0.25) is 24.8 Å². The van der Waals surface area contributed by atoms with E-state index < -0.39 is 136 Å². The second-order valence-corrected chi connectivity index (χ2v) is 27.1. The van der Waals surface area contributed by atoms with Crippen LogP contribution in [0.3, 0.4) is 0 Å². The molecule has 2 atom stereocenters. The molecule has 0 spiro atoms. The number of rotatable bonds is 22. The molecule has 33 nitrogen and oxygen atoms in total. The fourth-order valence-corrected chi connectivity index (χ4v) is 11.8. The van der Waals surface area contributed by atoms with Crippen molar-refractivity contribution in [2.24, 2.45) is 5.73 Å². The molecule has 1 saturated heterocycles. The average molecular weight is 1420 g/mol. The minimum Gasteiger partial charge on any atom is -0.489 e. The number of sulfonamides is 2. The van der Waals surface area contributed by atoms with E-state index in [0.29, 0.717) is 16.5 Å². The van der Waals surface area contributed by atoms with Gasteiger partial charge in [-0.15, -0.1) is 0 Å². The van der Waals surface area contributed by atoms with E-state index in [1.165, 1.54) is 62.9 Å². The van der Waals surface area contributed by atoms with Crippen LogP contribution in [-0.4, -0.2) is 159 Å². The number of nitrogens with zero attached hydrogens (tertiary/aromatic N) is 6. The number of imide groups is 1. The fourth-order valence-electron chi connectivity index (χ4n) is 7.23. The molecule has 2 aromatic carbocycles. The second kappa shape index (κ2) is 33.4. The molecule has 2 aliphatic rings. The minimum atomic E-state index is -4.71. The highest BCUT2D eigenvalue weighted by molar-refractivity contribution is 7.93. The number of aromatic carboxylic acids is 1. The number of pyridine rings is 1. The van der Waals surface area contributed by atoms with Gasteiger partial charge in [0.05, 0.1) is 54.5 Å². The summed E-state index contributed by atoms with van der Waals surface area (Å²) in [5.74, 6) is -7.44. The molecule has 1 aliphatic carbocycles. The zero-order valence-corrected chi connectivity index (χ0v) is 53.0. The van der Waals surface area contributed by atoms with Crippen molar-refractivity contribution in [1.82, 2.24) is 34.4 Å². The van der Waals surface area contributed by atoms with Crippen LogP contribution < -0.4 is 54.4 Å². The maximum Gasteiger partial charge on any atom is 0.427 e. The Kier molecular flexibility index (Phi) is 27.4. The van der Waals surface area contributed by atoms with Gasteiger partial charge in [0.1, 0.15) is 27.4 Å². The quantitative estimate of drug-likeness (QED) is 0.0213. The topological polar surface area (TPSA) is 480 Å². The number of ether oxygens (including phenoxy) is 6. The van der Waals surface area contributed by atoms with Crippen molar-refractivity contribution in [3.8, 4) is 29.3 Å². The summed E-state index contributed by atoms with van der Waals surface area (Å²) >= 11 is 6.04. The first kappa shape index (κ1) is 76.3. The average Bonchev–Trinajstić information content (AvgIpc) is 1.78. The van der Waals surface area contributed by atoms with E-state index in [0.717, 1.165) is 56.1 Å². The van der Waals surface area contributed by atoms with E-state index in [1.807, 2.05) is 0 Å². The first-order valence-corrected chi connectivity index (χ1v) is 33.2. The molecule has 1 aliphatic heterocycles. The van der Waals surface area contributed by atoms with Crippen molar-refractivity contribution in [2.45, 2.75) is 93.1 Å². The SMILES string of the molecule is CC(C)=C1OC(=O)N(c2cc(OC3CCCC3)c(Cl)cc2F)C1=O.CCS(=O)(=O)c1cccnc1S(=O)(=O)NC(=O)Nc1nc(OC)cc(OC)n1.CP(=O)(O)CCC(N)C(=O)O.O=C(Nc1nc(OC(F)F)cc(OC(F)F)n1)NS(=O)(=O)c1ccccc1C(=O)O. The number of halogens is 6. The lowest BCUT2D eigenvalue weighted by Crippen LogP contribution is -2.36. The van der Waals surface area contributed by atoms with Gasteiger partial charge >= 0.3 is 49.2 Å². The molecule has 93 heavy (non-hydrogen) atoms. The number of allylic oxidation sites excluding steroid dienone is 1. The number of hydrogen-bond donors (Lipinski definition) is 8. The van der Waals surface area contributed by atoms with Gasteiger partial charge in [-0.1, -0.05) is 30.7 Å². The number of methoxy groups -OCH3 is 2. The molecule has 4 heterocycles. The van der Waals surface area contributed by atoms with Crippen molar-refractivity contribution in [3.05, 3.63) is 94.6 Å². The lowest BCUT2D eigenvalue weighted by atomic mass is 10.2. The Bertz CT molecular complexity index is 3970. The van der Waals surface area contributed by atoms with Crippen molar-refractivity contribution in [2.75, 3.05) is 48.3 Å². The van der Waals surface area contributed by atoms with Crippen LogP contribution in [0.1, 0.15) is 63.2 Å². The van der Waals surface area contributed by atoms with E-state index in [1.54, 1.807) is 23.9 Å². The molecule has 43 heteroatoms. The van der Waals surface area contributed by atoms with E-state index in [2.05, 4.69) is 39.7 Å². The monoisotopic (exact) mass is 1420 g/mol. The van der Waals surface area contributed by atoms with Gasteiger partial charge in [0.15, 0.2) is 28.0 Å². The molecule has 5 aromatic rings. The Morgan fingerprint density at radius 2 is 1.30 bits per heavy atom. The number of alkyl halides is 4. The third kappa shape index (κ3) is 23.2. The predicted octanol–water partition coefficient (Wildman–Crippen LogP) is 6.35. The number of amides is 6. The summed E-state index contributed by atoms with van der Waals surface area (Å²) in [6.45, 7) is -1.01. The molecule has 2 unspecified atom stereocenters. The number of carboxylic acids is 2. The number of nitrogens with two attached hydrogens (primary N) is 1. The fraction of sp³-hybridized carbons (Fsp3) is 0.340. The Hall–Kier alpha value is -9.15. The van der Waals surface area contributed by atoms with Gasteiger partial charge < -0.3 is 49.3 Å². The number of hydrogen-bond acceptors (Lipinski definition) is 25. The lowest BCUT2D eigenvalue weighted by Gasteiger charge is -2.18. The Morgan fingerprint density at radius 1 is 0.796 bits per heavy atom. The van der Waals surface area contributed by atoms with Gasteiger partial charge in [-0.05, 0) is 81.9 Å². The third-order valence-electron chi connectivity index (χ3n) is 11.4. The van der Waals surface area contributed by atoms with E-state index in [4.69, 9.17) is 51.4 Å². The summed E-state index contributed by atoms with van der Waals surface area (Å²) < 4.78 is 179. The number of carboxylic acid groups (broad SMARTS) is 2. The summed E-state index contributed by atoms with van der Waals surface area (Å²) in [7, 11) is -13.7. The van der Waals surface area contributed by atoms with E-state index in [-0.39, 0.29) is 64.4 Å². The van der Waals surface area contributed by atoms with Crippen LogP contribution in [0, 0.1) is 5.82 Å². The van der Waals surface area contributed by atoms with Crippen molar-refractivity contribution in [1.29, 1.82) is 0 Å². The number of aromatic nitrogens is 5. The predicted molar refractivity (Wildman–Crippen MR) is 312 cm³/mol. The lowest BCUT2D eigenvalue weighted by molar-refractivity contribution is -0.138. The van der Waals surface area contributed by atoms with Gasteiger partial charge in [0, 0.05) is 25.1 Å². The molecule has 0 radical (unpaired) electrons. The van der Waals surface area contributed by atoms with Gasteiger partial charge in [0.25, 0.3) is 20.0 Å². The van der Waals surface area contributed by atoms with Gasteiger partial charge in [-0.2, -0.15) is 45.9 Å². The van der Waals surface area contributed by atoms with E-state index in [9.17, 15) is 80.5 Å². The van der Waals surface area contributed by atoms with Crippen molar-refractivity contribution < 1.29 is 124 Å². The standard InChI is InChI=1S/C17H17ClFNO4.C14H10F4N4O7S.C14H17N5O7S2.C5H12NO4P/c1-9(2)15-16(21)20(17(22)24-15)13-8-14(11(18)7-12(13)19)23-10-5-3-4-6-10;15-11(16)28-8-5-9(29-12(17)18)20-13(19-8)21-14(25)22-30(26,27)7-4-2-1-3-6(7)10(23)24;1-4-27(21,22)9-6-5-7-15-12(9)28(23,24)19-14(20)18-13-16-10(25-2)8-11(17-13)26-3;1-11(9,10)3-2-4(6)5(7)8/h7-8,10H,3-6H2,1-2H3;1-5,11-12H,(H,23,24)(H2,19,20,21,22,25);5-8H,4H2,1-3H3,(H2,16,17,18,19,20);4H,2-3,6H2,1H3,(H,7,8)(H,9,10). The highest BCUT2D eigenvalue weighted by Crippen LogP contribution is 2.38. The Labute approximate surface area is 529 Å². The molecule has 9 N–H and O–H groups in total. The zero-order chi connectivity index (χ0) is 69.9. The highest BCUT2D eigenvalue weighted by Gasteiger charge is 2.41. The first-order chi connectivity index (χ1) is 43.3. The third-order valence-corrected chi connectivity index (χ3v) is 17.4. The van der Waals surface area contributed by atoms with Crippen molar-refractivity contribution in [3.63, 3.8) is 0 Å². The normalized spacial score (nSPS) is 14.1. The second-order valence-electron chi connectivity index (χ2n) is 18.6. The minimum absolute atomic E-state index is 0.00962. The maximum absolute atomic E-state index is 14.3. The largest absolute Gasteiger partial charge is 0.489 e. The molecule has 508 valence electrons. The molecule has 6 amide bonds. The highest BCUT2D eigenvalue weighted by atomic mass is 35.5. The molecule has 7 rings (SSSR count). The number of cyclic esters (lactones) is 1. The van der Waals surface area contributed by atoms with Crippen LogP contribution in [0.15, 0.2) is 93.0 Å². The van der Waals surface area contributed by atoms with Gasteiger partial charge in [-0.25, -0.2) is 59.7 Å². The molecule has 3 aromatic heterocycles. The summed E-state index contributed by atoms with van der Waals surface area (Å²) in [5.41, 5.74) is 4.76. The summed E-state index contributed by atoms with van der Waals surface area (Å²) in [6, 6.07) is 6.99. The number of benzene rings is 2. The molecule has 1 saturated carbocycles. The molecule has 0 bridgehead atoms. The Morgan fingerprint density at radius 3 is 1.77 bits per heavy atom. The number of sulfone groups is 1. The van der Waals surface area contributed by atoms with E-state index >= 15 is 0 Å². The molecule has 2 fully saturated rings. The van der Waals surface area contributed by atoms with Crippen LogP contribution in [0.4, 0.5) is 53.9 Å². The summed E-state index contributed by atoms with van der Waals surface area (Å²) in [4.78, 5) is 95.5. The molecular weight excluding hydrogens is 1360 g/mol. The van der Waals surface area contributed by atoms with Crippen LogP contribution in [0.5, 0.6) is 29.3 Å². The van der Waals surface area contributed by atoms with Crippen LogP contribution in [0.25, 0.3) is 0 Å². The smallest absolute Gasteiger partial charge is 0.427 e. The van der Waals surface area contributed by atoms with Crippen LogP contribution >= 0.6 is 19.0 Å². The number of aliphatic carboxylic acids is 1. The number of nitrogens with one attached hydrogen (secondary N) is 4. The number of urea groups is 2. The van der Waals surface area contributed by atoms with Crippen LogP contribution in [0.2, 0.25) is 5.02 Å². The van der Waals surface area contributed by atoms with Crippen LogP contribution in [-0.2, 0) is 48.8 Å². The maximum atomic E-state index is 14.3. The Balaban J connectivity index is 0.000000276. The first-order valence-electron chi connectivity index (χ1n) is 25.9. The zero-order valence-electron chi connectivity index (χ0n) is 48.9. The number of carbonyl (C=O) groups excluding carboxylic acids is 4. The van der Waals surface area contributed by atoms with Crippen molar-refractivity contribution >= 4 is 102 Å². The number of carbonyl (C=O) groups is 6. The summed E-state index contributed by atoms with van der Waals surface area (Å²) in [6.07, 6.45) is 4.09. The summed E-state index contributed by atoms with van der Waals surface area (Å²) in [5, 5.41) is 20.4.